The van der Waals surface area contributed by atoms with Gasteiger partial charge in [0.1, 0.15) is 23.4 Å². The molecule has 0 aliphatic carbocycles. The minimum atomic E-state index is -0.576. The number of rotatable bonds is 3. The lowest BCUT2D eigenvalue weighted by Gasteiger charge is -2.10. The summed E-state index contributed by atoms with van der Waals surface area (Å²) < 4.78 is 19.1. The third kappa shape index (κ3) is 3.12. The van der Waals surface area contributed by atoms with E-state index in [1.54, 1.807) is 12.1 Å². The van der Waals surface area contributed by atoms with Gasteiger partial charge in [-0.1, -0.05) is 33.6 Å². The molecule has 0 heterocycles. The summed E-state index contributed by atoms with van der Waals surface area (Å²) in [5, 5.41) is 9.33. The van der Waals surface area contributed by atoms with E-state index in [2.05, 4.69) is 15.9 Å². The number of benzene rings is 2. The molecule has 0 saturated carbocycles. The minimum absolute atomic E-state index is 0.0111. The Hall–Kier alpha value is -1.86. The first-order valence-electron chi connectivity index (χ1n) is 5.67. The van der Waals surface area contributed by atoms with Crippen molar-refractivity contribution >= 4 is 15.9 Å². The number of nitriles is 1. The van der Waals surface area contributed by atoms with Crippen molar-refractivity contribution in [2.75, 3.05) is 0 Å². The van der Waals surface area contributed by atoms with Crippen LogP contribution < -0.4 is 4.74 Å². The van der Waals surface area contributed by atoms with Gasteiger partial charge in [-0.3, -0.25) is 0 Å². The van der Waals surface area contributed by atoms with E-state index in [-0.39, 0.29) is 5.56 Å². The van der Waals surface area contributed by atoms with Crippen LogP contribution in [-0.2, 0) is 5.33 Å². The Labute approximate surface area is 119 Å². The molecule has 2 nitrogen and oxygen atoms in total. The summed E-state index contributed by atoms with van der Waals surface area (Å²) in [6.07, 6.45) is 0. The summed E-state index contributed by atoms with van der Waals surface area (Å²) >= 11 is 3.40. The number of aryl methyl sites for hydroxylation is 1. The van der Waals surface area contributed by atoms with Gasteiger partial charge in [-0.05, 0) is 25.1 Å². The standard InChI is InChI=1S/C15H11BrFNO/c1-10-2-5-15(12(6-10)8-16)19-13-4-3-11(9-18)14(17)7-13/h2-7H,8H2,1H3. The number of hydrogen-bond donors (Lipinski definition) is 0. The second-order valence-electron chi connectivity index (χ2n) is 4.10. The van der Waals surface area contributed by atoms with Crippen molar-refractivity contribution in [1.29, 1.82) is 5.26 Å². The van der Waals surface area contributed by atoms with Crippen LogP contribution in [-0.4, -0.2) is 0 Å². The fourth-order valence-electron chi connectivity index (χ4n) is 1.69. The summed E-state index contributed by atoms with van der Waals surface area (Å²) in [6.45, 7) is 2.00. The van der Waals surface area contributed by atoms with E-state index in [1.807, 2.05) is 25.1 Å². The van der Waals surface area contributed by atoms with E-state index in [0.29, 0.717) is 16.8 Å². The van der Waals surface area contributed by atoms with E-state index >= 15 is 0 Å². The maximum absolute atomic E-state index is 13.5. The Kier molecular flexibility index (Phi) is 4.18. The molecular weight excluding hydrogens is 309 g/mol. The van der Waals surface area contributed by atoms with Gasteiger partial charge >= 0.3 is 0 Å². The highest BCUT2D eigenvalue weighted by Crippen LogP contribution is 2.28. The van der Waals surface area contributed by atoms with Crippen molar-refractivity contribution in [1.82, 2.24) is 0 Å². The molecule has 0 fully saturated rings. The molecule has 0 aliphatic heterocycles. The number of nitrogens with zero attached hydrogens (tertiary/aromatic N) is 1. The molecule has 0 aromatic heterocycles. The van der Waals surface area contributed by atoms with E-state index in [0.717, 1.165) is 11.1 Å². The minimum Gasteiger partial charge on any atom is -0.457 e. The Balaban J connectivity index is 2.31. The van der Waals surface area contributed by atoms with Crippen LogP contribution in [0.5, 0.6) is 11.5 Å². The summed E-state index contributed by atoms with van der Waals surface area (Å²) in [6, 6.07) is 11.8. The Morgan fingerprint density at radius 3 is 2.68 bits per heavy atom. The molecule has 0 amide bonds. The van der Waals surface area contributed by atoms with E-state index in [1.165, 1.54) is 12.1 Å². The zero-order valence-electron chi connectivity index (χ0n) is 10.3. The number of hydrogen-bond acceptors (Lipinski definition) is 2. The third-order valence-corrected chi connectivity index (χ3v) is 3.25. The molecule has 2 aromatic rings. The van der Waals surface area contributed by atoms with Gasteiger partial charge in [0, 0.05) is 17.0 Å². The average Bonchev–Trinajstić information content (AvgIpc) is 2.41. The molecule has 0 saturated heterocycles. The average molecular weight is 320 g/mol. The maximum atomic E-state index is 13.5. The first kappa shape index (κ1) is 13.6. The first-order chi connectivity index (χ1) is 9.13. The van der Waals surface area contributed by atoms with Crippen LogP contribution in [0.3, 0.4) is 0 Å². The quantitative estimate of drug-likeness (QED) is 0.769. The monoisotopic (exact) mass is 319 g/mol. The molecule has 2 rings (SSSR count). The lowest BCUT2D eigenvalue weighted by atomic mass is 10.1. The van der Waals surface area contributed by atoms with Gasteiger partial charge in [0.25, 0.3) is 0 Å². The highest BCUT2D eigenvalue weighted by molar-refractivity contribution is 9.08. The summed E-state index contributed by atoms with van der Waals surface area (Å²) in [7, 11) is 0. The smallest absolute Gasteiger partial charge is 0.144 e. The zero-order chi connectivity index (χ0) is 13.8. The molecule has 2 aromatic carbocycles. The maximum Gasteiger partial charge on any atom is 0.144 e. The van der Waals surface area contributed by atoms with Crippen LogP contribution in [0.25, 0.3) is 0 Å². The molecule has 0 bridgehead atoms. The lowest BCUT2D eigenvalue weighted by Crippen LogP contribution is -1.92. The van der Waals surface area contributed by atoms with Crippen LogP contribution in [0, 0.1) is 24.1 Å². The zero-order valence-corrected chi connectivity index (χ0v) is 11.9. The van der Waals surface area contributed by atoms with Crippen molar-refractivity contribution in [3.63, 3.8) is 0 Å². The fraction of sp³-hybridized carbons (Fsp3) is 0.133. The van der Waals surface area contributed by atoms with Crippen LogP contribution in [0.1, 0.15) is 16.7 Å². The van der Waals surface area contributed by atoms with Crippen LogP contribution in [0.15, 0.2) is 36.4 Å². The van der Waals surface area contributed by atoms with Gasteiger partial charge in [-0.25, -0.2) is 4.39 Å². The molecule has 19 heavy (non-hydrogen) atoms. The topological polar surface area (TPSA) is 33.0 Å². The van der Waals surface area contributed by atoms with Crippen LogP contribution in [0.4, 0.5) is 4.39 Å². The van der Waals surface area contributed by atoms with Gasteiger partial charge in [-0.15, -0.1) is 0 Å². The van der Waals surface area contributed by atoms with Gasteiger partial charge in [-0.2, -0.15) is 5.26 Å². The third-order valence-electron chi connectivity index (χ3n) is 2.65. The van der Waals surface area contributed by atoms with Gasteiger partial charge in [0.15, 0.2) is 0 Å². The molecule has 0 N–H and O–H groups in total. The van der Waals surface area contributed by atoms with Crippen molar-refractivity contribution < 1.29 is 9.13 Å². The Bertz CT molecular complexity index is 649. The summed E-state index contributed by atoms with van der Waals surface area (Å²) in [5.41, 5.74) is 2.13. The SMILES string of the molecule is Cc1ccc(Oc2ccc(C#N)c(F)c2)c(CBr)c1. The van der Waals surface area contributed by atoms with E-state index in [9.17, 15) is 4.39 Å². The molecule has 0 radical (unpaired) electrons. The van der Waals surface area contributed by atoms with E-state index < -0.39 is 5.82 Å². The molecule has 0 atom stereocenters. The summed E-state index contributed by atoms with van der Waals surface area (Å²) in [5.74, 6) is 0.474. The Morgan fingerprint density at radius 1 is 1.26 bits per heavy atom. The predicted molar refractivity (Wildman–Crippen MR) is 75.0 cm³/mol. The molecule has 0 unspecified atom stereocenters. The highest BCUT2D eigenvalue weighted by Gasteiger charge is 2.07. The van der Waals surface area contributed by atoms with Crippen molar-refractivity contribution in [2.24, 2.45) is 0 Å². The van der Waals surface area contributed by atoms with Crippen molar-refractivity contribution in [3.05, 3.63) is 58.9 Å². The number of ether oxygens (including phenoxy) is 1. The van der Waals surface area contributed by atoms with Crippen molar-refractivity contribution in [3.8, 4) is 17.6 Å². The largest absolute Gasteiger partial charge is 0.457 e. The Morgan fingerprint density at radius 2 is 2.05 bits per heavy atom. The fourth-order valence-corrected chi connectivity index (χ4v) is 2.13. The van der Waals surface area contributed by atoms with Crippen LogP contribution >= 0.6 is 15.9 Å². The molecule has 4 heteroatoms. The molecule has 0 aliphatic rings. The predicted octanol–water partition coefficient (Wildman–Crippen LogP) is 4.69. The summed E-state index contributed by atoms with van der Waals surface area (Å²) in [4.78, 5) is 0. The second-order valence-corrected chi connectivity index (χ2v) is 4.66. The first-order valence-corrected chi connectivity index (χ1v) is 6.79. The van der Waals surface area contributed by atoms with Crippen LogP contribution in [0.2, 0.25) is 0 Å². The molecular formula is C15H11BrFNO. The van der Waals surface area contributed by atoms with Gasteiger partial charge in [0.2, 0.25) is 0 Å². The van der Waals surface area contributed by atoms with Gasteiger partial charge in [0.05, 0.1) is 5.56 Å². The lowest BCUT2D eigenvalue weighted by molar-refractivity contribution is 0.472. The normalized spacial score (nSPS) is 10.0. The molecule has 96 valence electrons. The number of alkyl halides is 1. The highest BCUT2D eigenvalue weighted by atomic mass is 79.9. The van der Waals surface area contributed by atoms with Crippen molar-refractivity contribution in [2.45, 2.75) is 12.3 Å². The number of halogens is 2. The van der Waals surface area contributed by atoms with E-state index in [4.69, 9.17) is 10.00 Å². The molecule has 0 spiro atoms. The second kappa shape index (κ2) is 5.85. The van der Waals surface area contributed by atoms with Gasteiger partial charge < -0.3 is 4.74 Å².